The highest BCUT2D eigenvalue weighted by Crippen LogP contribution is 2.08. The number of carbonyl (C=O) groups is 1. The van der Waals surface area contributed by atoms with Crippen LogP contribution in [-0.4, -0.2) is 34.1 Å². The molecule has 0 amide bonds. The molecule has 0 saturated carbocycles. The van der Waals surface area contributed by atoms with Gasteiger partial charge in [-0.2, -0.15) is 5.10 Å². The smallest absolute Gasteiger partial charge is 0.359 e. The largest absolute Gasteiger partial charge is 0.461 e. The second-order valence-corrected chi connectivity index (χ2v) is 2.87. The zero-order valence-corrected chi connectivity index (χ0v) is 8.36. The molecule has 0 fully saturated rings. The predicted molar refractivity (Wildman–Crippen MR) is 50.0 cm³/mol. The first-order chi connectivity index (χ1) is 6.69. The molecule has 0 aromatic carbocycles. The molecule has 0 bridgehead atoms. The summed E-state index contributed by atoms with van der Waals surface area (Å²) in [5.41, 5.74) is 1.01. The highest BCUT2D eigenvalue weighted by molar-refractivity contribution is 5.88. The first-order valence-corrected chi connectivity index (χ1v) is 4.49. The Morgan fingerprint density at radius 1 is 1.71 bits per heavy atom. The normalized spacial score (nSPS) is 10.2. The van der Waals surface area contributed by atoms with E-state index in [9.17, 15) is 4.79 Å². The minimum absolute atomic E-state index is 0.00189. The summed E-state index contributed by atoms with van der Waals surface area (Å²) in [6.45, 7) is 2.07. The Balaban J connectivity index is 2.88. The van der Waals surface area contributed by atoms with Crippen LogP contribution < -0.4 is 0 Å². The molecule has 1 aromatic heterocycles. The fraction of sp³-hybridized carbons (Fsp3) is 0.556. The summed E-state index contributed by atoms with van der Waals surface area (Å²) < 4.78 is 6.37. The van der Waals surface area contributed by atoms with E-state index in [2.05, 4.69) is 5.10 Å². The van der Waals surface area contributed by atoms with Gasteiger partial charge in [-0.3, -0.25) is 4.68 Å². The summed E-state index contributed by atoms with van der Waals surface area (Å²) >= 11 is 0. The molecule has 0 radical (unpaired) electrons. The summed E-state index contributed by atoms with van der Waals surface area (Å²) in [5.74, 6) is -0.434. The molecule has 0 atom stereocenters. The number of esters is 1. The minimum Gasteiger partial charge on any atom is -0.461 e. The van der Waals surface area contributed by atoms with Crippen LogP contribution in [-0.2, 0) is 18.2 Å². The second kappa shape index (κ2) is 4.76. The number of ether oxygens (including phenoxy) is 1. The van der Waals surface area contributed by atoms with Crippen molar-refractivity contribution in [3.63, 3.8) is 0 Å². The van der Waals surface area contributed by atoms with Crippen molar-refractivity contribution in [3.05, 3.63) is 17.5 Å². The lowest BCUT2D eigenvalue weighted by atomic mass is 10.2. The lowest BCUT2D eigenvalue weighted by Gasteiger charge is -1.99. The molecule has 0 spiro atoms. The maximum atomic E-state index is 11.4. The molecule has 1 rings (SSSR count). The molecule has 1 aromatic rings. The molecule has 1 heterocycles. The van der Waals surface area contributed by atoms with Gasteiger partial charge in [0.15, 0.2) is 5.69 Å². The number of hydrogen-bond acceptors (Lipinski definition) is 4. The SMILES string of the molecule is CCOC(=O)c1nn(C)cc1CCO. The number of aliphatic hydroxyl groups is 1. The number of aliphatic hydroxyl groups excluding tert-OH is 1. The van der Waals surface area contributed by atoms with Crippen molar-refractivity contribution >= 4 is 5.97 Å². The van der Waals surface area contributed by atoms with E-state index in [1.165, 1.54) is 4.68 Å². The fourth-order valence-electron chi connectivity index (χ4n) is 1.21. The van der Waals surface area contributed by atoms with Gasteiger partial charge >= 0.3 is 5.97 Å². The third-order valence-corrected chi connectivity index (χ3v) is 1.75. The molecular weight excluding hydrogens is 184 g/mol. The maximum Gasteiger partial charge on any atom is 0.359 e. The van der Waals surface area contributed by atoms with E-state index >= 15 is 0 Å². The molecule has 0 aliphatic carbocycles. The second-order valence-electron chi connectivity index (χ2n) is 2.87. The molecule has 0 aliphatic heterocycles. The number of aryl methyl sites for hydroxylation is 1. The zero-order chi connectivity index (χ0) is 10.6. The Morgan fingerprint density at radius 3 is 3.00 bits per heavy atom. The molecule has 5 nitrogen and oxygen atoms in total. The van der Waals surface area contributed by atoms with E-state index in [4.69, 9.17) is 9.84 Å². The van der Waals surface area contributed by atoms with Crippen molar-refractivity contribution in [1.29, 1.82) is 0 Å². The quantitative estimate of drug-likeness (QED) is 0.698. The summed E-state index contributed by atoms with van der Waals surface area (Å²) in [7, 11) is 1.73. The van der Waals surface area contributed by atoms with Crippen LogP contribution in [0.1, 0.15) is 23.0 Å². The van der Waals surface area contributed by atoms with Crippen molar-refractivity contribution in [3.8, 4) is 0 Å². The molecule has 1 N–H and O–H groups in total. The highest BCUT2D eigenvalue weighted by Gasteiger charge is 2.16. The van der Waals surface area contributed by atoms with Crippen LogP contribution in [0.3, 0.4) is 0 Å². The Bertz CT molecular complexity index is 320. The van der Waals surface area contributed by atoms with Gasteiger partial charge in [-0.15, -0.1) is 0 Å². The third kappa shape index (κ3) is 2.32. The van der Waals surface area contributed by atoms with E-state index in [1.54, 1.807) is 20.2 Å². The predicted octanol–water partition coefficient (Wildman–Crippen LogP) is 0.132. The van der Waals surface area contributed by atoms with Crippen LogP contribution in [0.5, 0.6) is 0 Å². The number of hydrogen-bond donors (Lipinski definition) is 1. The first-order valence-electron chi connectivity index (χ1n) is 4.49. The molecule has 14 heavy (non-hydrogen) atoms. The molecule has 5 heteroatoms. The highest BCUT2D eigenvalue weighted by atomic mass is 16.5. The number of aromatic nitrogens is 2. The van der Waals surface area contributed by atoms with E-state index in [1.807, 2.05) is 0 Å². The molecular formula is C9H14N2O3. The molecule has 0 saturated heterocycles. The van der Waals surface area contributed by atoms with Crippen molar-refractivity contribution < 1.29 is 14.6 Å². The van der Waals surface area contributed by atoms with Crippen LogP contribution in [0.2, 0.25) is 0 Å². The van der Waals surface area contributed by atoms with Crippen LogP contribution in [0.25, 0.3) is 0 Å². The number of rotatable bonds is 4. The Hall–Kier alpha value is -1.36. The molecule has 0 unspecified atom stereocenters. The van der Waals surface area contributed by atoms with Gasteiger partial charge in [0.2, 0.25) is 0 Å². The van der Waals surface area contributed by atoms with Gasteiger partial charge in [-0.25, -0.2) is 4.79 Å². The Kier molecular flexibility index (Phi) is 3.64. The van der Waals surface area contributed by atoms with Crippen LogP contribution in [0.15, 0.2) is 6.20 Å². The lowest BCUT2D eigenvalue weighted by molar-refractivity contribution is 0.0517. The number of nitrogens with zero attached hydrogens (tertiary/aromatic N) is 2. The lowest BCUT2D eigenvalue weighted by Crippen LogP contribution is -2.09. The first kappa shape index (κ1) is 10.7. The zero-order valence-electron chi connectivity index (χ0n) is 8.36. The summed E-state index contributed by atoms with van der Waals surface area (Å²) in [5, 5.41) is 12.8. The van der Waals surface area contributed by atoms with Crippen molar-refractivity contribution in [2.75, 3.05) is 13.2 Å². The summed E-state index contributed by atoms with van der Waals surface area (Å²) in [4.78, 5) is 11.4. The van der Waals surface area contributed by atoms with E-state index in [0.29, 0.717) is 24.3 Å². The van der Waals surface area contributed by atoms with Gasteiger partial charge in [0.1, 0.15) is 0 Å². The van der Waals surface area contributed by atoms with Gasteiger partial charge in [0.25, 0.3) is 0 Å². The van der Waals surface area contributed by atoms with Crippen molar-refractivity contribution in [1.82, 2.24) is 9.78 Å². The van der Waals surface area contributed by atoms with Gasteiger partial charge in [0.05, 0.1) is 6.61 Å². The Labute approximate surface area is 82.3 Å². The summed E-state index contributed by atoms with van der Waals surface area (Å²) in [6.07, 6.45) is 2.13. The topological polar surface area (TPSA) is 64.3 Å². The Morgan fingerprint density at radius 2 is 2.43 bits per heavy atom. The standard InChI is InChI=1S/C9H14N2O3/c1-3-14-9(13)8-7(4-5-12)6-11(2)10-8/h6,12H,3-5H2,1-2H3. The van der Waals surface area contributed by atoms with Crippen LogP contribution >= 0.6 is 0 Å². The van der Waals surface area contributed by atoms with Crippen molar-refractivity contribution in [2.45, 2.75) is 13.3 Å². The monoisotopic (exact) mass is 198 g/mol. The number of carbonyl (C=O) groups excluding carboxylic acids is 1. The van der Waals surface area contributed by atoms with E-state index < -0.39 is 5.97 Å². The van der Waals surface area contributed by atoms with Gasteiger partial charge in [0, 0.05) is 25.4 Å². The maximum absolute atomic E-state index is 11.4. The van der Waals surface area contributed by atoms with Gasteiger partial charge in [-0.05, 0) is 13.3 Å². The minimum atomic E-state index is -0.434. The van der Waals surface area contributed by atoms with Crippen molar-refractivity contribution in [2.24, 2.45) is 7.05 Å². The fourth-order valence-corrected chi connectivity index (χ4v) is 1.21. The van der Waals surface area contributed by atoms with Gasteiger partial charge in [-0.1, -0.05) is 0 Å². The van der Waals surface area contributed by atoms with E-state index in [-0.39, 0.29) is 6.61 Å². The summed E-state index contributed by atoms with van der Waals surface area (Å²) in [6, 6.07) is 0. The third-order valence-electron chi connectivity index (χ3n) is 1.75. The molecule has 78 valence electrons. The average molecular weight is 198 g/mol. The average Bonchev–Trinajstić information content (AvgIpc) is 2.48. The van der Waals surface area contributed by atoms with E-state index in [0.717, 1.165) is 0 Å². The molecule has 0 aliphatic rings. The van der Waals surface area contributed by atoms with Crippen LogP contribution in [0.4, 0.5) is 0 Å². The van der Waals surface area contributed by atoms with Crippen LogP contribution in [0, 0.1) is 0 Å². The van der Waals surface area contributed by atoms with Gasteiger partial charge < -0.3 is 9.84 Å².